The molecule has 0 aromatic carbocycles. The van der Waals surface area contributed by atoms with Crippen molar-refractivity contribution in [3.63, 3.8) is 0 Å². The first-order valence-corrected chi connectivity index (χ1v) is 7.11. The third kappa shape index (κ3) is 5.69. The average molecular weight is 285 g/mol. The normalized spacial score (nSPS) is 11.9. The van der Waals surface area contributed by atoms with Crippen LogP contribution in [0.5, 0.6) is 0 Å². The Morgan fingerprint density at radius 3 is 2.84 bits per heavy atom. The average Bonchev–Trinajstić information content (AvgIpc) is 2.83. The van der Waals surface area contributed by atoms with E-state index in [4.69, 9.17) is 5.11 Å². The van der Waals surface area contributed by atoms with Gasteiger partial charge >= 0.3 is 12.0 Å². The monoisotopic (exact) mass is 285 g/mol. The molecule has 6 nitrogen and oxygen atoms in total. The fourth-order valence-electron chi connectivity index (χ4n) is 1.45. The van der Waals surface area contributed by atoms with Gasteiger partial charge in [-0.25, -0.2) is 9.78 Å². The summed E-state index contributed by atoms with van der Waals surface area (Å²) in [6.45, 7) is 4.25. The number of urea groups is 1. The third-order valence-corrected chi connectivity index (χ3v) is 3.53. The van der Waals surface area contributed by atoms with Gasteiger partial charge in [-0.05, 0) is 19.8 Å². The second-order valence-corrected chi connectivity index (χ2v) is 5.08. The van der Waals surface area contributed by atoms with E-state index in [0.717, 1.165) is 17.1 Å². The first-order valence-electron chi connectivity index (χ1n) is 6.23. The summed E-state index contributed by atoms with van der Waals surface area (Å²) in [4.78, 5) is 26.3. The maximum atomic E-state index is 11.6. The van der Waals surface area contributed by atoms with Gasteiger partial charge in [0.2, 0.25) is 0 Å². The van der Waals surface area contributed by atoms with E-state index < -0.39 is 5.97 Å². The number of aliphatic carboxylic acids is 1. The number of amides is 2. The summed E-state index contributed by atoms with van der Waals surface area (Å²) in [5.41, 5.74) is 0.850. The molecular weight excluding hydrogens is 266 g/mol. The van der Waals surface area contributed by atoms with E-state index in [0.29, 0.717) is 13.0 Å². The number of aryl methyl sites for hydroxylation is 1. The Balaban J connectivity index is 2.29. The zero-order chi connectivity index (χ0) is 14.3. The van der Waals surface area contributed by atoms with Crippen molar-refractivity contribution in [3.8, 4) is 0 Å². The standard InChI is InChI=1S/C12H19N3O3S/c1-3-10-15-9(7-19-10)8(2)14-12(18)13-6-4-5-11(16)17/h7-8H,3-6H2,1-2H3,(H,16,17)(H2,13,14,18). The molecule has 1 rings (SSSR count). The van der Waals surface area contributed by atoms with E-state index in [2.05, 4.69) is 15.6 Å². The number of carbonyl (C=O) groups is 2. The van der Waals surface area contributed by atoms with Gasteiger partial charge in [-0.2, -0.15) is 0 Å². The molecule has 0 aliphatic carbocycles. The van der Waals surface area contributed by atoms with E-state index in [-0.39, 0.29) is 18.5 Å². The van der Waals surface area contributed by atoms with Gasteiger partial charge in [0.25, 0.3) is 0 Å². The van der Waals surface area contributed by atoms with Crippen LogP contribution in [0.25, 0.3) is 0 Å². The molecule has 3 N–H and O–H groups in total. The van der Waals surface area contributed by atoms with Crippen molar-refractivity contribution in [1.29, 1.82) is 0 Å². The maximum absolute atomic E-state index is 11.6. The summed E-state index contributed by atoms with van der Waals surface area (Å²) in [6, 6.07) is -0.458. The number of aromatic nitrogens is 1. The Morgan fingerprint density at radius 2 is 2.26 bits per heavy atom. The summed E-state index contributed by atoms with van der Waals surface area (Å²) < 4.78 is 0. The van der Waals surface area contributed by atoms with Crippen molar-refractivity contribution in [2.24, 2.45) is 0 Å². The first-order chi connectivity index (χ1) is 9.02. The van der Waals surface area contributed by atoms with Crippen LogP contribution in [-0.2, 0) is 11.2 Å². The van der Waals surface area contributed by atoms with Crippen LogP contribution in [-0.4, -0.2) is 28.6 Å². The molecule has 1 aromatic rings. The molecule has 0 fully saturated rings. The van der Waals surface area contributed by atoms with E-state index in [1.54, 1.807) is 11.3 Å². The second kappa shape index (κ2) is 7.73. The third-order valence-electron chi connectivity index (χ3n) is 2.52. The van der Waals surface area contributed by atoms with E-state index >= 15 is 0 Å². The molecule has 1 aromatic heterocycles. The molecule has 0 bridgehead atoms. The van der Waals surface area contributed by atoms with Gasteiger partial charge in [0.15, 0.2) is 0 Å². The van der Waals surface area contributed by atoms with Crippen LogP contribution in [0.3, 0.4) is 0 Å². The van der Waals surface area contributed by atoms with Crippen molar-refractivity contribution in [2.45, 2.75) is 39.2 Å². The largest absolute Gasteiger partial charge is 0.481 e. The van der Waals surface area contributed by atoms with Crippen LogP contribution in [0.2, 0.25) is 0 Å². The van der Waals surface area contributed by atoms with Gasteiger partial charge in [-0.15, -0.1) is 11.3 Å². The molecule has 2 amide bonds. The van der Waals surface area contributed by atoms with Crippen molar-refractivity contribution < 1.29 is 14.7 Å². The Morgan fingerprint density at radius 1 is 1.53 bits per heavy atom. The minimum Gasteiger partial charge on any atom is -0.481 e. The lowest BCUT2D eigenvalue weighted by Gasteiger charge is -2.12. The molecule has 0 saturated heterocycles. The highest BCUT2D eigenvalue weighted by molar-refractivity contribution is 7.09. The zero-order valence-electron chi connectivity index (χ0n) is 11.1. The lowest BCUT2D eigenvalue weighted by Crippen LogP contribution is -2.37. The van der Waals surface area contributed by atoms with Gasteiger partial charge in [-0.1, -0.05) is 6.92 Å². The van der Waals surface area contributed by atoms with Crippen molar-refractivity contribution in [3.05, 3.63) is 16.1 Å². The lowest BCUT2D eigenvalue weighted by molar-refractivity contribution is -0.137. The molecule has 0 spiro atoms. The zero-order valence-corrected chi connectivity index (χ0v) is 11.9. The van der Waals surface area contributed by atoms with Crippen molar-refractivity contribution >= 4 is 23.3 Å². The summed E-state index contributed by atoms with van der Waals surface area (Å²) >= 11 is 1.58. The van der Waals surface area contributed by atoms with Crippen molar-refractivity contribution in [1.82, 2.24) is 15.6 Å². The molecule has 106 valence electrons. The predicted octanol–water partition coefficient (Wildman–Crippen LogP) is 1.93. The number of carbonyl (C=O) groups excluding carboxylic acids is 1. The van der Waals surface area contributed by atoms with Crippen LogP contribution in [0, 0.1) is 0 Å². The number of nitrogens with one attached hydrogen (secondary N) is 2. The van der Waals surface area contributed by atoms with E-state index in [9.17, 15) is 9.59 Å². The van der Waals surface area contributed by atoms with Gasteiger partial charge in [-0.3, -0.25) is 4.79 Å². The van der Waals surface area contributed by atoms with Crippen LogP contribution < -0.4 is 10.6 Å². The van der Waals surface area contributed by atoms with Gasteiger partial charge in [0.1, 0.15) is 0 Å². The Hall–Kier alpha value is -1.63. The molecule has 0 radical (unpaired) electrons. The van der Waals surface area contributed by atoms with Crippen LogP contribution >= 0.6 is 11.3 Å². The fraction of sp³-hybridized carbons (Fsp3) is 0.583. The molecule has 19 heavy (non-hydrogen) atoms. The van der Waals surface area contributed by atoms with Crippen molar-refractivity contribution in [2.75, 3.05) is 6.54 Å². The fourth-order valence-corrected chi connectivity index (χ4v) is 2.29. The highest BCUT2D eigenvalue weighted by atomic mass is 32.1. The van der Waals surface area contributed by atoms with Gasteiger partial charge < -0.3 is 15.7 Å². The molecule has 1 heterocycles. The molecule has 7 heteroatoms. The second-order valence-electron chi connectivity index (χ2n) is 4.14. The summed E-state index contributed by atoms with van der Waals surface area (Å²) in [7, 11) is 0. The SMILES string of the molecule is CCc1nc(C(C)NC(=O)NCCCC(=O)O)cs1. The minimum atomic E-state index is -0.856. The molecule has 0 saturated carbocycles. The number of carboxylic acids is 1. The maximum Gasteiger partial charge on any atom is 0.315 e. The van der Waals surface area contributed by atoms with Gasteiger partial charge in [0.05, 0.1) is 16.7 Å². The van der Waals surface area contributed by atoms with Crippen LogP contribution in [0.1, 0.15) is 43.4 Å². The van der Waals surface area contributed by atoms with Gasteiger partial charge in [0, 0.05) is 18.3 Å². The number of nitrogens with zero attached hydrogens (tertiary/aromatic N) is 1. The smallest absolute Gasteiger partial charge is 0.315 e. The Bertz CT molecular complexity index is 434. The molecule has 1 atom stereocenters. The quantitative estimate of drug-likeness (QED) is 0.668. The van der Waals surface area contributed by atoms with E-state index in [1.165, 1.54) is 0 Å². The molecule has 1 unspecified atom stereocenters. The molecular formula is C12H19N3O3S. The molecule has 0 aliphatic rings. The minimum absolute atomic E-state index is 0.0573. The number of carboxylic acid groups (broad SMARTS) is 1. The summed E-state index contributed by atoms with van der Waals surface area (Å²) in [6.07, 6.45) is 1.37. The Kier molecular flexibility index (Phi) is 6.27. The first kappa shape index (κ1) is 15.4. The molecule has 0 aliphatic heterocycles. The summed E-state index contributed by atoms with van der Waals surface area (Å²) in [5, 5.41) is 16.8. The highest BCUT2D eigenvalue weighted by Crippen LogP contribution is 2.16. The lowest BCUT2D eigenvalue weighted by atomic mass is 10.2. The highest BCUT2D eigenvalue weighted by Gasteiger charge is 2.12. The van der Waals surface area contributed by atoms with Crippen LogP contribution in [0.15, 0.2) is 5.38 Å². The number of rotatable bonds is 7. The Labute approximate surface area is 116 Å². The summed E-state index contributed by atoms with van der Waals surface area (Å²) in [5.74, 6) is -0.856. The number of thiazole rings is 1. The number of hydrogen-bond donors (Lipinski definition) is 3. The van der Waals surface area contributed by atoms with E-state index in [1.807, 2.05) is 19.2 Å². The topological polar surface area (TPSA) is 91.3 Å². The number of hydrogen-bond acceptors (Lipinski definition) is 4. The predicted molar refractivity (Wildman–Crippen MR) is 73.3 cm³/mol. The van der Waals surface area contributed by atoms with Crippen LogP contribution in [0.4, 0.5) is 4.79 Å².